The molecule has 4 N–H and O–H groups in total. The minimum atomic E-state index is -0.944. The van der Waals surface area contributed by atoms with Gasteiger partial charge in [-0.05, 0) is 81.7 Å². The van der Waals surface area contributed by atoms with Crippen LogP contribution in [0.5, 0.6) is 0 Å². The summed E-state index contributed by atoms with van der Waals surface area (Å²) in [4.78, 5) is 31.8. The van der Waals surface area contributed by atoms with E-state index in [1.54, 1.807) is 24.3 Å². The Morgan fingerprint density at radius 2 is 1.89 bits per heavy atom. The van der Waals surface area contributed by atoms with Crippen molar-refractivity contribution in [2.24, 2.45) is 0 Å². The maximum Gasteiger partial charge on any atom is 0.251 e. The molecule has 2 aliphatic rings. The van der Waals surface area contributed by atoms with E-state index in [0.717, 1.165) is 49.3 Å². The van der Waals surface area contributed by atoms with Crippen molar-refractivity contribution in [2.45, 2.75) is 37.8 Å². The third kappa shape index (κ3) is 4.28. The largest absolute Gasteiger partial charge is 0.382 e. The van der Waals surface area contributed by atoms with Gasteiger partial charge in [0.15, 0.2) is 5.13 Å². The molecule has 1 saturated heterocycles. The number of nitrogens with zero attached hydrogens (tertiary/aromatic N) is 2. The number of aromatic nitrogens is 1. The highest BCUT2D eigenvalue weighted by Gasteiger charge is 2.59. The number of thiazole rings is 1. The zero-order chi connectivity index (χ0) is 24.9. The van der Waals surface area contributed by atoms with E-state index in [9.17, 15) is 18.4 Å². The van der Waals surface area contributed by atoms with Crippen LogP contribution in [-0.2, 0) is 0 Å². The molecule has 7 nitrogen and oxygen atoms in total. The molecule has 1 spiro atoms. The molecule has 35 heavy (non-hydrogen) atoms. The van der Waals surface area contributed by atoms with Crippen molar-refractivity contribution in [1.82, 2.24) is 15.2 Å². The average molecular weight is 498 g/mol. The summed E-state index contributed by atoms with van der Waals surface area (Å²) in [6.07, 6.45) is 3.26. The van der Waals surface area contributed by atoms with Gasteiger partial charge in [0.2, 0.25) is 5.78 Å². The summed E-state index contributed by atoms with van der Waals surface area (Å²) in [5.74, 6) is -2.98. The van der Waals surface area contributed by atoms with Crippen LogP contribution in [0.1, 0.15) is 50.4 Å². The van der Waals surface area contributed by atoms with Crippen LogP contribution in [0.15, 0.2) is 36.4 Å². The number of hydrogen-bond acceptors (Lipinski definition) is 7. The molecule has 1 saturated carbocycles. The number of carbonyl (C=O) groups excluding carboxylic acids is 2. The molecule has 2 fully saturated rings. The van der Waals surface area contributed by atoms with Gasteiger partial charge in [0.05, 0.1) is 5.56 Å². The van der Waals surface area contributed by atoms with E-state index >= 15 is 0 Å². The first kappa shape index (κ1) is 23.4. The van der Waals surface area contributed by atoms with E-state index in [1.165, 1.54) is 6.92 Å². The van der Waals surface area contributed by atoms with Gasteiger partial charge in [-0.1, -0.05) is 11.3 Å². The SMILES string of the molecule is Cc1cc(F)c(C(=O)c2sc(Nc3ccc(C(=O)N[C@@H]4CC45CCCN5C)cc3)nc2N)c(F)c1. The topological polar surface area (TPSA) is 100 Å². The third-order valence-electron chi connectivity index (χ3n) is 6.89. The van der Waals surface area contributed by atoms with E-state index in [-0.39, 0.29) is 28.2 Å². The standard InChI is InChI=1S/C25H25F2N5O2S/c1-13-10-16(26)19(17(27)11-13)20(33)21-22(28)31-24(35-21)29-15-6-4-14(5-7-15)23(34)30-18-12-25(18)8-3-9-32(25)2/h4-7,10-11,18H,3,8-9,12,28H2,1-2H3,(H,29,31)(H,30,34)/t18-,25?/m1/s1. The van der Waals surface area contributed by atoms with E-state index in [1.807, 2.05) is 0 Å². The molecule has 1 amide bonds. The fourth-order valence-corrected chi connectivity index (χ4v) is 5.71. The second-order valence-electron chi connectivity index (χ2n) is 9.23. The number of carbonyl (C=O) groups is 2. The van der Waals surface area contributed by atoms with Gasteiger partial charge in [0, 0.05) is 22.8 Å². The van der Waals surface area contributed by atoms with Gasteiger partial charge in [-0.3, -0.25) is 14.5 Å². The highest BCUT2D eigenvalue weighted by Crippen LogP contribution is 2.48. The van der Waals surface area contributed by atoms with Crippen molar-refractivity contribution in [2.75, 3.05) is 24.6 Å². The molecule has 10 heteroatoms. The van der Waals surface area contributed by atoms with Crippen molar-refractivity contribution in [1.29, 1.82) is 0 Å². The van der Waals surface area contributed by atoms with Crippen molar-refractivity contribution in [3.05, 3.63) is 69.6 Å². The van der Waals surface area contributed by atoms with Crippen LogP contribution in [0.3, 0.4) is 0 Å². The summed E-state index contributed by atoms with van der Waals surface area (Å²) in [5, 5.41) is 6.44. The van der Waals surface area contributed by atoms with Gasteiger partial charge < -0.3 is 16.4 Å². The Bertz CT molecular complexity index is 1300. The molecule has 182 valence electrons. The second-order valence-corrected chi connectivity index (χ2v) is 10.2. The number of rotatable bonds is 6. The normalized spacial score (nSPS) is 21.3. The Labute approximate surface area is 205 Å². The Morgan fingerprint density at radius 3 is 2.51 bits per heavy atom. The summed E-state index contributed by atoms with van der Waals surface area (Å²) in [5.41, 5.74) is 6.88. The Balaban J connectivity index is 1.26. The molecule has 0 radical (unpaired) electrons. The zero-order valence-electron chi connectivity index (χ0n) is 19.3. The number of anilines is 3. The van der Waals surface area contributed by atoms with Crippen LogP contribution in [-0.4, -0.2) is 46.7 Å². The van der Waals surface area contributed by atoms with Crippen LogP contribution >= 0.6 is 11.3 Å². The molecule has 1 aliphatic heterocycles. The maximum absolute atomic E-state index is 14.3. The summed E-state index contributed by atoms with van der Waals surface area (Å²) in [6.45, 7) is 2.60. The Hall–Kier alpha value is -3.37. The molecule has 1 aliphatic carbocycles. The number of halogens is 2. The average Bonchev–Trinajstić information content (AvgIpc) is 3.16. The van der Waals surface area contributed by atoms with E-state index in [4.69, 9.17) is 5.73 Å². The fraction of sp³-hybridized carbons (Fsp3) is 0.320. The molecule has 1 aromatic heterocycles. The van der Waals surface area contributed by atoms with Gasteiger partial charge in [-0.2, -0.15) is 0 Å². The number of aryl methyl sites for hydroxylation is 1. The minimum Gasteiger partial charge on any atom is -0.382 e. The molecule has 5 rings (SSSR count). The monoisotopic (exact) mass is 497 g/mol. The first-order valence-electron chi connectivity index (χ1n) is 11.3. The lowest BCUT2D eigenvalue weighted by atomic mass is 10.1. The predicted octanol–water partition coefficient (Wildman–Crippen LogP) is 4.25. The third-order valence-corrected chi connectivity index (χ3v) is 7.87. The number of likely N-dealkylation sites (tertiary alicyclic amines) is 1. The Kier molecular flexibility index (Phi) is 5.80. The molecule has 2 aromatic carbocycles. The molecular weight excluding hydrogens is 472 g/mol. The molecule has 2 atom stereocenters. The predicted molar refractivity (Wildman–Crippen MR) is 131 cm³/mol. The molecule has 0 bridgehead atoms. The number of ketones is 1. The van der Waals surface area contributed by atoms with Gasteiger partial charge >= 0.3 is 0 Å². The van der Waals surface area contributed by atoms with Crippen LogP contribution in [0, 0.1) is 18.6 Å². The fourth-order valence-electron chi connectivity index (χ4n) is 4.86. The van der Waals surface area contributed by atoms with Gasteiger partial charge in [0.25, 0.3) is 5.91 Å². The number of amides is 1. The lowest BCUT2D eigenvalue weighted by Crippen LogP contribution is -2.38. The van der Waals surface area contributed by atoms with Gasteiger partial charge in [-0.25, -0.2) is 13.8 Å². The first-order valence-corrected chi connectivity index (χ1v) is 12.2. The summed E-state index contributed by atoms with van der Waals surface area (Å²) in [7, 11) is 2.11. The number of nitrogens with two attached hydrogens (primary N) is 1. The smallest absolute Gasteiger partial charge is 0.251 e. The molecular formula is C25H25F2N5O2S. The van der Waals surface area contributed by atoms with Crippen molar-refractivity contribution in [3.8, 4) is 0 Å². The molecule has 2 heterocycles. The zero-order valence-corrected chi connectivity index (χ0v) is 20.1. The minimum absolute atomic E-state index is 0.0552. The van der Waals surface area contributed by atoms with Crippen molar-refractivity contribution >= 4 is 39.7 Å². The van der Waals surface area contributed by atoms with Crippen LogP contribution < -0.4 is 16.4 Å². The number of likely N-dealkylation sites (N-methyl/N-ethyl adjacent to an activating group) is 1. The number of nitrogens with one attached hydrogen (secondary N) is 2. The first-order chi connectivity index (χ1) is 16.7. The summed E-state index contributed by atoms with van der Waals surface area (Å²) >= 11 is 0.903. The van der Waals surface area contributed by atoms with Crippen molar-refractivity contribution < 1.29 is 18.4 Å². The maximum atomic E-state index is 14.3. The number of benzene rings is 2. The quantitative estimate of drug-likeness (QED) is 0.440. The summed E-state index contributed by atoms with van der Waals surface area (Å²) in [6, 6.07) is 9.21. The summed E-state index contributed by atoms with van der Waals surface area (Å²) < 4.78 is 28.5. The molecule has 3 aromatic rings. The number of hydrogen-bond donors (Lipinski definition) is 3. The second kappa shape index (κ2) is 8.69. The van der Waals surface area contributed by atoms with Crippen molar-refractivity contribution in [3.63, 3.8) is 0 Å². The van der Waals surface area contributed by atoms with E-state index in [0.29, 0.717) is 21.9 Å². The lowest BCUT2D eigenvalue weighted by Gasteiger charge is -2.20. The van der Waals surface area contributed by atoms with Crippen LogP contribution in [0.2, 0.25) is 0 Å². The number of nitrogen functional groups attached to an aromatic ring is 1. The van der Waals surface area contributed by atoms with Gasteiger partial charge in [0.1, 0.15) is 22.3 Å². The van der Waals surface area contributed by atoms with Crippen LogP contribution in [0.25, 0.3) is 0 Å². The van der Waals surface area contributed by atoms with E-state index < -0.39 is 23.0 Å². The van der Waals surface area contributed by atoms with Crippen LogP contribution in [0.4, 0.5) is 25.4 Å². The Morgan fingerprint density at radius 1 is 1.20 bits per heavy atom. The van der Waals surface area contributed by atoms with Gasteiger partial charge in [-0.15, -0.1) is 0 Å². The molecule has 1 unspecified atom stereocenters. The lowest BCUT2D eigenvalue weighted by molar-refractivity contribution is 0.0941. The highest BCUT2D eigenvalue weighted by atomic mass is 32.1. The van der Waals surface area contributed by atoms with E-state index in [2.05, 4.69) is 27.6 Å². The highest BCUT2D eigenvalue weighted by molar-refractivity contribution is 7.18.